The van der Waals surface area contributed by atoms with E-state index in [9.17, 15) is 4.79 Å². The van der Waals surface area contributed by atoms with E-state index < -0.39 is 0 Å². The van der Waals surface area contributed by atoms with Gasteiger partial charge in [0.05, 0.1) is 17.8 Å². The highest BCUT2D eigenvalue weighted by Crippen LogP contribution is 2.43. The fourth-order valence-electron chi connectivity index (χ4n) is 5.03. The molecular formula is C22H31N5O3. The van der Waals surface area contributed by atoms with Gasteiger partial charge in [-0.3, -0.25) is 4.79 Å². The van der Waals surface area contributed by atoms with Crippen LogP contribution >= 0.6 is 0 Å². The third-order valence-electron chi connectivity index (χ3n) is 6.78. The zero-order valence-corrected chi connectivity index (χ0v) is 17.8. The topological polar surface area (TPSA) is 86.3 Å². The Bertz CT molecular complexity index is 860. The van der Waals surface area contributed by atoms with Gasteiger partial charge in [0.2, 0.25) is 0 Å². The van der Waals surface area contributed by atoms with Crippen molar-refractivity contribution in [1.29, 1.82) is 0 Å². The zero-order chi connectivity index (χ0) is 20.7. The summed E-state index contributed by atoms with van der Waals surface area (Å²) in [5.41, 5.74) is 1.43. The number of fused-ring (bicyclic) bond motifs is 1. The van der Waals surface area contributed by atoms with Gasteiger partial charge < -0.3 is 14.1 Å². The minimum Gasteiger partial charge on any atom is -0.451 e. The summed E-state index contributed by atoms with van der Waals surface area (Å²) in [6.45, 7) is 6.77. The predicted molar refractivity (Wildman–Crippen MR) is 109 cm³/mol. The van der Waals surface area contributed by atoms with Crippen molar-refractivity contribution in [3.63, 3.8) is 0 Å². The van der Waals surface area contributed by atoms with Gasteiger partial charge in [-0.15, -0.1) is 5.10 Å². The molecule has 3 fully saturated rings. The summed E-state index contributed by atoms with van der Waals surface area (Å²) in [6.07, 6.45) is 10.4. The van der Waals surface area contributed by atoms with Crippen molar-refractivity contribution in [3.05, 3.63) is 30.2 Å². The van der Waals surface area contributed by atoms with Gasteiger partial charge in [-0.2, -0.15) is 0 Å². The maximum absolute atomic E-state index is 12.8. The molecule has 4 atom stereocenters. The first-order valence-corrected chi connectivity index (χ1v) is 11.3. The molecule has 30 heavy (non-hydrogen) atoms. The highest BCUT2D eigenvalue weighted by atomic mass is 16.5. The second-order valence-electron chi connectivity index (χ2n) is 9.75. The van der Waals surface area contributed by atoms with Crippen LogP contribution in [0.5, 0.6) is 0 Å². The predicted octanol–water partition coefficient (Wildman–Crippen LogP) is 2.98. The van der Waals surface area contributed by atoms with Crippen molar-refractivity contribution in [2.24, 2.45) is 23.7 Å². The van der Waals surface area contributed by atoms with Gasteiger partial charge >= 0.3 is 0 Å². The lowest BCUT2D eigenvalue weighted by Gasteiger charge is -2.37. The van der Waals surface area contributed by atoms with Gasteiger partial charge in [0.1, 0.15) is 6.26 Å². The maximum atomic E-state index is 12.8. The van der Waals surface area contributed by atoms with Crippen LogP contribution < -0.4 is 0 Å². The monoisotopic (exact) mass is 413 g/mol. The average molecular weight is 414 g/mol. The number of likely N-dealkylation sites (tertiary alicyclic amines) is 1. The van der Waals surface area contributed by atoms with Crippen molar-refractivity contribution < 1.29 is 13.9 Å². The van der Waals surface area contributed by atoms with E-state index in [1.54, 1.807) is 0 Å². The molecule has 5 rings (SSSR count). The number of amides is 1. The summed E-state index contributed by atoms with van der Waals surface area (Å²) in [5.74, 6) is 2.15. The lowest BCUT2D eigenvalue weighted by Crippen LogP contribution is -2.38. The van der Waals surface area contributed by atoms with Crippen LogP contribution in [0, 0.1) is 23.7 Å². The molecule has 0 aromatic carbocycles. The molecule has 1 amide bonds. The molecule has 162 valence electrons. The normalized spacial score (nSPS) is 28.8. The summed E-state index contributed by atoms with van der Waals surface area (Å²) in [6, 6.07) is 0.181. The van der Waals surface area contributed by atoms with Crippen LogP contribution in [0.1, 0.15) is 61.8 Å². The molecule has 0 radical (unpaired) electrons. The number of aromatic nitrogens is 4. The molecule has 2 saturated carbocycles. The molecule has 8 nitrogen and oxygen atoms in total. The van der Waals surface area contributed by atoms with Gasteiger partial charge in [-0.05, 0) is 55.8 Å². The van der Waals surface area contributed by atoms with E-state index in [1.165, 1.54) is 25.5 Å². The number of carbonyl (C=O) groups is 1. The van der Waals surface area contributed by atoms with Crippen molar-refractivity contribution >= 4 is 5.91 Å². The van der Waals surface area contributed by atoms with Crippen LogP contribution in [0.15, 0.2) is 23.3 Å². The molecule has 2 aliphatic carbocycles. The van der Waals surface area contributed by atoms with E-state index in [0.717, 1.165) is 50.6 Å². The van der Waals surface area contributed by atoms with Crippen LogP contribution in [0.25, 0.3) is 0 Å². The summed E-state index contributed by atoms with van der Waals surface area (Å²) in [5, 5.41) is 8.89. The Balaban J connectivity index is 1.31. The Morgan fingerprint density at radius 3 is 2.77 bits per heavy atom. The zero-order valence-electron chi connectivity index (χ0n) is 17.8. The number of nitrogens with zero attached hydrogens (tertiary/aromatic N) is 5. The molecule has 0 N–H and O–H groups in total. The van der Waals surface area contributed by atoms with Crippen LogP contribution in [0.4, 0.5) is 0 Å². The number of rotatable bonds is 7. The van der Waals surface area contributed by atoms with E-state index in [2.05, 4.69) is 35.3 Å². The number of carbonyl (C=O) groups excluding carboxylic acids is 1. The SMILES string of the molecule is CC(C)Cc1cn([C@@H]2C[C@@H]3CN(C(=O)c4cocn4)C[C@@H]3C[C@H]2OCC2CC2)nn1. The third-order valence-corrected chi connectivity index (χ3v) is 6.78. The Labute approximate surface area is 177 Å². The second kappa shape index (κ2) is 8.13. The van der Waals surface area contributed by atoms with Crippen LogP contribution in [0.2, 0.25) is 0 Å². The fraction of sp³-hybridized carbons (Fsp3) is 0.727. The largest absolute Gasteiger partial charge is 0.451 e. The Kier molecular flexibility index (Phi) is 5.35. The fourth-order valence-corrected chi connectivity index (χ4v) is 5.03. The van der Waals surface area contributed by atoms with Crippen LogP contribution in [-0.4, -0.2) is 56.6 Å². The summed E-state index contributed by atoms with van der Waals surface area (Å²) < 4.78 is 13.5. The van der Waals surface area contributed by atoms with E-state index >= 15 is 0 Å². The van der Waals surface area contributed by atoms with Crippen LogP contribution in [-0.2, 0) is 11.2 Å². The van der Waals surface area contributed by atoms with E-state index in [0.29, 0.717) is 23.4 Å². The van der Waals surface area contributed by atoms with Gasteiger partial charge in [-0.25, -0.2) is 9.67 Å². The lowest BCUT2D eigenvalue weighted by molar-refractivity contribution is -0.0375. The van der Waals surface area contributed by atoms with E-state index in [1.807, 2.05) is 9.58 Å². The molecule has 0 spiro atoms. The van der Waals surface area contributed by atoms with Crippen molar-refractivity contribution in [1.82, 2.24) is 24.9 Å². The Hall–Kier alpha value is -2.22. The number of hydrogen-bond donors (Lipinski definition) is 0. The number of oxazole rings is 1. The van der Waals surface area contributed by atoms with E-state index in [4.69, 9.17) is 9.15 Å². The Morgan fingerprint density at radius 1 is 1.27 bits per heavy atom. The molecule has 2 aromatic rings. The molecule has 0 unspecified atom stereocenters. The first-order valence-electron chi connectivity index (χ1n) is 11.3. The van der Waals surface area contributed by atoms with E-state index in [-0.39, 0.29) is 18.1 Å². The smallest absolute Gasteiger partial charge is 0.275 e. The molecule has 8 heteroatoms. The molecule has 0 bridgehead atoms. The average Bonchev–Trinajstić information content (AvgIpc) is 3.13. The molecule has 3 heterocycles. The molecular weight excluding hydrogens is 382 g/mol. The highest BCUT2D eigenvalue weighted by molar-refractivity contribution is 5.92. The second-order valence-corrected chi connectivity index (χ2v) is 9.75. The maximum Gasteiger partial charge on any atom is 0.275 e. The van der Waals surface area contributed by atoms with Crippen molar-refractivity contribution in [2.45, 2.75) is 58.1 Å². The van der Waals surface area contributed by atoms with Gasteiger partial charge in [0.25, 0.3) is 5.91 Å². The first-order chi connectivity index (χ1) is 14.6. The van der Waals surface area contributed by atoms with Crippen LogP contribution in [0.3, 0.4) is 0 Å². The Morgan fingerprint density at radius 2 is 2.07 bits per heavy atom. The van der Waals surface area contributed by atoms with Gasteiger partial charge in [-0.1, -0.05) is 19.1 Å². The first kappa shape index (κ1) is 19.7. The van der Waals surface area contributed by atoms with Crippen molar-refractivity contribution in [3.8, 4) is 0 Å². The third kappa shape index (κ3) is 4.15. The standard InChI is InChI=1S/C22H31N5O3/c1-14(2)5-18-10-27(25-24-18)20-6-16-8-26(22(28)19-12-29-13-23-19)9-17(16)7-21(20)30-11-15-3-4-15/h10,12-17,20-21H,3-9,11H2,1-2H3/t16-,17+,20-,21-/m1/s1. The molecule has 2 aromatic heterocycles. The van der Waals surface area contributed by atoms with Gasteiger partial charge in [0.15, 0.2) is 12.1 Å². The molecule has 3 aliphatic rings. The van der Waals surface area contributed by atoms with Crippen molar-refractivity contribution in [2.75, 3.05) is 19.7 Å². The molecule has 1 saturated heterocycles. The lowest BCUT2D eigenvalue weighted by atomic mass is 9.77. The van der Waals surface area contributed by atoms with Gasteiger partial charge in [0, 0.05) is 25.9 Å². The highest BCUT2D eigenvalue weighted by Gasteiger charge is 2.45. The number of hydrogen-bond acceptors (Lipinski definition) is 6. The summed E-state index contributed by atoms with van der Waals surface area (Å²) in [4.78, 5) is 18.7. The quantitative estimate of drug-likeness (QED) is 0.694. The summed E-state index contributed by atoms with van der Waals surface area (Å²) >= 11 is 0. The minimum absolute atomic E-state index is 0.0369. The summed E-state index contributed by atoms with van der Waals surface area (Å²) in [7, 11) is 0. The minimum atomic E-state index is -0.0369. The number of ether oxygens (including phenoxy) is 1. The molecule has 1 aliphatic heterocycles.